The number of carbonyl (C=O) groups is 1. The van der Waals surface area contributed by atoms with Crippen LogP contribution in [0.15, 0.2) is 48.5 Å². The SMILES string of the molecule is CCOC(=O)c1cccc(NC(=S)NCCc2ccc(OC)cc2)c1. The molecule has 0 heterocycles. The molecule has 25 heavy (non-hydrogen) atoms. The van der Waals surface area contributed by atoms with Gasteiger partial charge in [0.25, 0.3) is 0 Å². The molecule has 0 fully saturated rings. The molecule has 2 rings (SSSR count). The number of hydrogen-bond acceptors (Lipinski definition) is 4. The minimum atomic E-state index is -0.343. The highest BCUT2D eigenvalue weighted by molar-refractivity contribution is 7.80. The van der Waals surface area contributed by atoms with Crippen LogP contribution in [0.1, 0.15) is 22.8 Å². The summed E-state index contributed by atoms with van der Waals surface area (Å²) in [5.41, 5.74) is 2.43. The average molecular weight is 358 g/mol. The number of anilines is 1. The molecule has 5 nitrogen and oxygen atoms in total. The lowest BCUT2D eigenvalue weighted by Gasteiger charge is -2.11. The Morgan fingerprint density at radius 3 is 2.60 bits per heavy atom. The van der Waals surface area contributed by atoms with Gasteiger partial charge in [0.05, 0.1) is 19.3 Å². The third-order valence-corrected chi connectivity index (χ3v) is 3.74. The monoisotopic (exact) mass is 358 g/mol. The first-order chi connectivity index (χ1) is 12.1. The van der Waals surface area contributed by atoms with Crippen molar-refractivity contribution >= 4 is 29.0 Å². The van der Waals surface area contributed by atoms with Crippen molar-refractivity contribution in [3.63, 3.8) is 0 Å². The van der Waals surface area contributed by atoms with E-state index in [0.29, 0.717) is 23.8 Å². The van der Waals surface area contributed by atoms with E-state index in [0.717, 1.165) is 17.9 Å². The van der Waals surface area contributed by atoms with E-state index in [1.807, 2.05) is 30.3 Å². The number of methoxy groups -OCH3 is 1. The number of thiocarbonyl (C=S) groups is 1. The van der Waals surface area contributed by atoms with Gasteiger partial charge in [-0.2, -0.15) is 0 Å². The van der Waals surface area contributed by atoms with Crippen LogP contribution in [-0.4, -0.2) is 31.3 Å². The summed E-state index contributed by atoms with van der Waals surface area (Å²) < 4.78 is 10.1. The largest absolute Gasteiger partial charge is 0.497 e. The lowest BCUT2D eigenvalue weighted by Crippen LogP contribution is -2.30. The van der Waals surface area contributed by atoms with Crippen molar-refractivity contribution in [3.8, 4) is 5.75 Å². The maximum absolute atomic E-state index is 11.7. The highest BCUT2D eigenvalue weighted by Gasteiger charge is 2.07. The third-order valence-electron chi connectivity index (χ3n) is 3.49. The number of benzene rings is 2. The van der Waals surface area contributed by atoms with Gasteiger partial charge < -0.3 is 20.1 Å². The molecule has 0 aliphatic carbocycles. The van der Waals surface area contributed by atoms with Crippen LogP contribution in [0, 0.1) is 0 Å². The zero-order chi connectivity index (χ0) is 18.1. The average Bonchev–Trinajstić information content (AvgIpc) is 2.62. The van der Waals surface area contributed by atoms with Crippen LogP contribution in [0.25, 0.3) is 0 Å². The Labute approximate surface area is 153 Å². The number of ether oxygens (including phenoxy) is 2. The minimum absolute atomic E-state index is 0.343. The van der Waals surface area contributed by atoms with Gasteiger partial charge in [-0.15, -0.1) is 0 Å². The van der Waals surface area contributed by atoms with E-state index in [2.05, 4.69) is 10.6 Å². The van der Waals surface area contributed by atoms with E-state index >= 15 is 0 Å². The molecule has 0 saturated heterocycles. The number of carbonyl (C=O) groups excluding carboxylic acids is 1. The number of hydrogen-bond donors (Lipinski definition) is 2. The summed E-state index contributed by atoms with van der Waals surface area (Å²) in [4.78, 5) is 11.7. The van der Waals surface area contributed by atoms with Gasteiger partial charge in [-0.1, -0.05) is 18.2 Å². The summed E-state index contributed by atoms with van der Waals surface area (Å²) in [5, 5.41) is 6.74. The predicted octanol–water partition coefficient (Wildman–Crippen LogP) is 3.40. The van der Waals surface area contributed by atoms with Crippen LogP contribution in [-0.2, 0) is 11.2 Å². The minimum Gasteiger partial charge on any atom is -0.497 e. The second kappa shape index (κ2) is 9.64. The zero-order valence-electron chi connectivity index (χ0n) is 14.4. The van der Waals surface area contributed by atoms with E-state index < -0.39 is 0 Å². The molecule has 0 aromatic heterocycles. The molecule has 0 radical (unpaired) electrons. The molecule has 0 saturated carbocycles. The Kier molecular flexibility index (Phi) is 7.22. The predicted molar refractivity (Wildman–Crippen MR) is 103 cm³/mol. The van der Waals surface area contributed by atoms with Crippen LogP contribution in [0.4, 0.5) is 5.69 Å². The smallest absolute Gasteiger partial charge is 0.338 e. The van der Waals surface area contributed by atoms with E-state index in [-0.39, 0.29) is 5.97 Å². The first kappa shape index (κ1) is 18.7. The van der Waals surface area contributed by atoms with Crippen molar-refractivity contribution in [1.29, 1.82) is 0 Å². The molecule has 6 heteroatoms. The van der Waals surface area contributed by atoms with Crippen molar-refractivity contribution in [2.45, 2.75) is 13.3 Å². The Balaban J connectivity index is 1.81. The van der Waals surface area contributed by atoms with E-state index in [1.165, 1.54) is 5.56 Å². The summed E-state index contributed by atoms with van der Waals surface area (Å²) in [7, 11) is 1.65. The molecule has 0 atom stereocenters. The highest BCUT2D eigenvalue weighted by atomic mass is 32.1. The third kappa shape index (κ3) is 6.08. The second-order valence-electron chi connectivity index (χ2n) is 5.28. The lowest BCUT2D eigenvalue weighted by molar-refractivity contribution is 0.0526. The molecule has 0 aliphatic rings. The Morgan fingerprint density at radius 1 is 1.16 bits per heavy atom. The molecule has 2 aromatic carbocycles. The number of esters is 1. The molecule has 0 aliphatic heterocycles. The molecule has 2 N–H and O–H groups in total. The maximum Gasteiger partial charge on any atom is 0.338 e. The Bertz CT molecular complexity index is 717. The van der Waals surface area contributed by atoms with Crippen molar-refractivity contribution in [3.05, 3.63) is 59.7 Å². The van der Waals surface area contributed by atoms with Gasteiger partial charge in [-0.25, -0.2) is 4.79 Å². The van der Waals surface area contributed by atoms with E-state index in [1.54, 1.807) is 32.2 Å². The molecule has 0 unspecified atom stereocenters. The number of rotatable bonds is 7. The van der Waals surface area contributed by atoms with E-state index in [4.69, 9.17) is 21.7 Å². The maximum atomic E-state index is 11.7. The van der Waals surface area contributed by atoms with Crippen molar-refractivity contribution in [2.24, 2.45) is 0 Å². The fourth-order valence-corrected chi connectivity index (χ4v) is 2.45. The summed E-state index contributed by atoms with van der Waals surface area (Å²) >= 11 is 5.29. The van der Waals surface area contributed by atoms with Gasteiger partial charge in [-0.3, -0.25) is 0 Å². The summed E-state index contributed by atoms with van der Waals surface area (Å²) in [6.07, 6.45) is 0.842. The second-order valence-corrected chi connectivity index (χ2v) is 5.69. The molecule has 0 spiro atoms. The summed E-state index contributed by atoms with van der Waals surface area (Å²) in [6.45, 7) is 2.83. The first-order valence-corrected chi connectivity index (χ1v) is 8.48. The van der Waals surface area contributed by atoms with Gasteiger partial charge in [0, 0.05) is 12.2 Å². The highest BCUT2D eigenvalue weighted by Crippen LogP contribution is 2.13. The van der Waals surface area contributed by atoms with Crippen molar-refractivity contribution in [1.82, 2.24) is 5.32 Å². The van der Waals surface area contributed by atoms with Crippen molar-refractivity contribution < 1.29 is 14.3 Å². The van der Waals surface area contributed by atoms with Gasteiger partial charge in [0.1, 0.15) is 5.75 Å². The van der Waals surface area contributed by atoms with Gasteiger partial charge in [-0.05, 0) is 61.5 Å². The van der Waals surface area contributed by atoms with Crippen LogP contribution in [0.2, 0.25) is 0 Å². The molecule has 0 bridgehead atoms. The van der Waals surface area contributed by atoms with Crippen LogP contribution in [0.3, 0.4) is 0 Å². The van der Waals surface area contributed by atoms with Gasteiger partial charge in [0.2, 0.25) is 0 Å². The Hall–Kier alpha value is -2.60. The topological polar surface area (TPSA) is 59.6 Å². The first-order valence-electron chi connectivity index (χ1n) is 8.07. The fraction of sp³-hybridized carbons (Fsp3) is 0.263. The molecular weight excluding hydrogens is 336 g/mol. The van der Waals surface area contributed by atoms with E-state index in [9.17, 15) is 4.79 Å². The fourth-order valence-electron chi connectivity index (χ4n) is 2.23. The standard InChI is InChI=1S/C19H22N2O3S/c1-3-24-18(22)15-5-4-6-16(13-15)21-19(25)20-12-11-14-7-9-17(23-2)10-8-14/h4-10,13H,3,11-12H2,1-2H3,(H2,20,21,25). The van der Waals surface area contributed by atoms with Crippen LogP contribution >= 0.6 is 12.2 Å². The molecular formula is C19H22N2O3S. The summed E-state index contributed by atoms with van der Waals surface area (Å²) in [5.74, 6) is 0.500. The molecule has 132 valence electrons. The quantitative estimate of drug-likeness (QED) is 0.584. The molecule has 2 aromatic rings. The summed E-state index contributed by atoms with van der Waals surface area (Å²) in [6, 6.07) is 15.0. The normalized spacial score (nSPS) is 10.0. The lowest BCUT2D eigenvalue weighted by atomic mass is 10.1. The number of nitrogens with one attached hydrogen (secondary N) is 2. The molecule has 0 amide bonds. The Morgan fingerprint density at radius 2 is 1.92 bits per heavy atom. The van der Waals surface area contributed by atoms with Crippen LogP contribution < -0.4 is 15.4 Å². The van der Waals surface area contributed by atoms with Crippen LogP contribution in [0.5, 0.6) is 5.75 Å². The van der Waals surface area contributed by atoms with Gasteiger partial charge >= 0.3 is 5.97 Å². The zero-order valence-corrected chi connectivity index (χ0v) is 15.2. The van der Waals surface area contributed by atoms with Crippen molar-refractivity contribution in [2.75, 3.05) is 25.6 Å². The van der Waals surface area contributed by atoms with Gasteiger partial charge in [0.15, 0.2) is 5.11 Å².